The summed E-state index contributed by atoms with van der Waals surface area (Å²) in [5.41, 5.74) is 2.16. The molecule has 0 amide bonds. The van der Waals surface area contributed by atoms with Gasteiger partial charge in [-0.1, -0.05) is 30.3 Å². The molecule has 4 heteroatoms. The number of rotatable bonds is 5. The second kappa shape index (κ2) is 7.39. The first-order valence-electron chi connectivity index (χ1n) is 8.32. The lowest BCUT2D eigenvalue weighted by Crippen LogP contribution is -2.30. The van der Waals surface area contributed by atoms with Crippen LogP contribution in [0.5, 0.6) is 11.5 Å². The fraction of sp³-hybridized carbons (Fsp3) is 0.350. The van der Waals surface area contributed by atoms with Gasteiger partial charge in [0.25, 0.3) is 0 Å². The molecule has 4 nitrogen and oxygen atoms in total. The fourth-order valence-electron chi connectivity index (χ4n) is 3.30. The number of aromatic hydroxyl groups is 1. The number of hydrogen-bond acceptors (Lipinski definition) is 4. The van der Waals surface area contributed by atoms with Crippen LogP contribution in [-0.4, -0.2) is 24.3 Å². The molecule has 0 saturated carbocycles. The molecule has 0 radical (unpaired) electrons. The highest BCUT2D eigenvalue weighted by atomic mass is 16.5. The second-order valence-corrected chi connectivity index (χ2v) is 6.10. The molecule has 2 aromatic carbocycles. The van der Waals surface area contributed by atoms with Crippen molar-refractivity contribution in [3.8, 4) is 11.5 Å². The number of carbonyl (C=O) groups is 1. The van der Waals surface area contributed by atoms with Crippen molar-refractivity contribution in [1.29, 1.82) is 0 Å². The molecule has 0 bridgehead atoms. The summed E-state index contributed by atoms with van der Waals surface area (Å²) in [5, 5.41) is 9.88. The summed E-state index contributed by atoms with van der Waals surface area (Å²) >= 11 is 0. The molecule has 2 aromatic rings. The third kappa shape index (κ3) is 3.70. The molecular weight excluding hydrogens is 304 g/mol. The minimum atomic E-state index is -0.201. The number of carbonyl (C=O) groups excluding carboxylic acids is 1. The molecule has 1 N–H and O–H groups in total. The molecule has 24 heavy (non-hydrogen) atoms. The molecule has 2 unspecified atom stereocenters. The summed E-state index contributed by atoms with van der Waals surface area (Å²) in [5.74, 6) is 0.931. The van der Waals surface area contributed by atoms with Crippen LogP contribution in [0, 0.1) is 5.92 Å². The SMILES string of the molecule is CCOC(=O)CC1COc2ccc(O)cc2C1Cc1ccccc1. The second-order valence-electron chi connectivity index (χ2n) is 6.10. The summed E-state index contributed by atoms with van der Waals surface area (Å²) in [6.45, 7) is 2.67. The van der Waals surface area contributed by atoms with Gasteiger partial charge in [0.05, 0.1) is 19.6 Å². The summed E-state index contributed by atoms with van der Waals surface area (Å²) < 4.78 is 10.9. The zero-order valence-corrected chi connectivity index (χ0v) is 13.8. The van der Waals surface area contributed by atoms with Crippen LogP contribution in [0.25, 0.3) is 0 Å². The van der Waals surface area contributed by atoms with Crippen molar-refractivity contribution >= 4 is 5.97 Å². The van der Waals surface area contributed by atoms with E-state index in [0.717, 1.165) is 17.7 Å². The van der Waals surface area contributed by atoms with Crippen LogP contribution in [0.4, 0.5) is 0 Å². The lowest BCUT2D eigenvalue weighted by Gasteiger charge is -2.33. The minimum absolute atomic E-state index is 0.0264. The molecule has 1 aliphatic rings. The quantitative estimate of drug-likeness (QED) is 0.852. The Morgan fingerprint density at radius 1 is 1.25 bits per heavy atom. The maximum atomic E-state index is 12.0. The Bertz CT molecular complexity index is 696. The summed E-state index contributed by atoms with van der Waals surface area (Å²) in [7, 11) is 0. The number of phenolic OH excluding ortho intramolecular Hbond substituents is 1. The van der Waals surface area contributed by atoms with Gasteiger partial charge in [0.1, 0.15) is 11.5 Å². The third-order valence-corrected chi connectivity index (χ3v) is 4.45. The monoisotopic (exact) mass is 326 g/mol. The normalized spacial score (nSPS) is 19.2. The molecule has 0 spiro atoms. The zero-order chi connectivity index (χ0) is 16.9. The maximum Gasteiger partial charge on any atom is 0.306 e. The third-order valence-electron chi connectivity index (χ3n) is 4.45. The lowest BCUT2D eigenvalue weighted by atomic mass is 9.78. The van der Waals surface area contributed by atoms with E-state index in [1.807, 2.05) is 25.1 Å². The highest BCUT2D eigenvalue weighted by Gasteiger charge is 2.33. The van der Waals surface area contributed by atoms with Crippen LogP contribution in [0.3, 0.4) is 0 Å². The van der Waals surface area contributed by atoms with Crippen molar-refractivity contribution in [2.75, 3.05) is 13.2 Å². The van der Waals surface area contributed by atoms with Crippen LogP contribution in [-0.2, 0) is 16.0 Å². The van der Waals surface area contributed by atoms with E-state index >= 15 is 0 Å². The molecule has 0 aromatic heterocycles. The standard InChI is InChI=1S/C20H22O4/c1-2-23-20(22)11-15-13-24-19-9-8-16(21)12-18(19)17(15)10-14-6-4-3-5-7-14/h3-9,12,15,17,21H,2,10-11,13H2,1H3. The predicted molar refractivity (Wildman–Crippen MR) is 91.2 cm³/mol. The highest BCUT2D eigenvalue weighted by molar-refractivity contribution is 5.70. The van der Waals surface area contributed by atoms with E-state index in [2.05, 4.69) is 12.1 Å². The number of ether oxygens (including phenoxy) is 2. The molecule has 1 heterocycles. The van der Waals surface area contributed by atoms with E-state index in [9.17, 15) is 9.90 Å². The molecule has 2 atom stereocenters. The van der Waals surface area contributed by atoms with Gasteiger partial charge in [0, 0.05) is 11.5 Å². The Balaban J connectivity index is 1.89. The van der Waals surface area contributed by atoms with Gasteiger partial charge in [0.2, 0.25) is 0 Å². The molecule has 3 rings (SSSR count). The smallest absolute Gasteiger partial charge is 0.306 e. The maximum absolute atomic E-state index is 12.0. The van der Waals surface area contributed by atoms with Gasteiger partial charge in [-0.05, 0) is 43.0 Å². The van der Waals surface area contributed by atoms with E-state index in [0.29, 0.717) is 19.6 Å². The van der Waals surface area contributed by atoms with Crippen LogP contribution in [0.15, 0.2) is 48.5 Å². The van der Waals surface area contributed by atoms with Crippen molar-refractivity contribution in [3.05, 3.63) is 59.7 Å². The first-order chi connectivity index (χ1) is 11.7. The fourth-order valence-corrected chi connectivity index (χ4v) is 3.30. The van der Waals surface area contributed by atoms with E-state index in [-0.39, 0.29) is 23.6 Å². The van der Waals surface area contributed by atoms with Gasteiger partial charge >= 0.3 is 5.97 Å². The van der Waals surface area contributed by atoms with Crippen LogP contribution < -0.4 is 4.74 Å². The first kappa shape index (κ1) is 16.4. The Kier molecular flexibility index (Phi) is 5.04. The Hall–Kier alpha value is -2.49. The van der Waals surface area contributed by atoms with Crippen LogP contribution >= 0.6 is 0 Å². The van der Waals surface area contributed by atoms with Crippen molar-refractivity contribution in [2.24, 2.45) is 5.92 Å². The van der Waals surface area contributed by atoms with Crippen molar-refractivity contribution in [2.45, 2.75) is 25.7 Å². The van der Waals surface area contributed by atoms with E-state index in [1.165, 1.54) is 5.56 Å². The number of hydrogen-bond donors (Lipinski definition) is 1. The van der Waals surface area contributed by atoms with Crippen LogP contribution in [0.2, 0.25) is 0 Å². The minimum Gasteiger partial charge on any atom is -0.508 e. The first-order valence-corrected chi connectivity index (χ1v) is 8.32. The van der Waals surface area contributed by atoms with E-state index < -0.39 is 0 Å². The summed E-state index contributed by atoms with van der Waals surface area (Å²) in [4.78, 5) is 12.0. The number of esters is 1. The molecule has 1 aliphatic heterocycles. The van der Waals surface area contributed by atoms with Gasteiger partial charge in [-0.15, -0.1) is 0 Å². The topological polar surface area (TPSA) is 55.8 Å². The van der Waals surface area contributed by atoms with Crippen molar-refractivity contribution in [1.82, 2.24) is 0 Å². The van der Waals surface area contributed by atoms with Gasteiger partial charge in [-0.2, -0.15) is 0 Å². The number of fused-ring (bicyclic) bond motifs is 1. The molecule has 0 fully saturated rings. The van der Waals surface area contributed by atoms with E-state index in [1.54, 1.807) is 18.2 Å². The predicted octanol–water partition coefficient (Wildman–Crippen LogP) is 3.68. The average molecular weight is 326 g/mol. The molecular formula is C20H22O4. The molecule has 0 saturated heterocycles. The summed E-state index contributed by atoms with van der Waals surface area (Å²) in [6.07, 6.45) is 1.12. The van der Waals surface area contributed by atoms with Crippen molar-refractivity contribution in [3.63, 3.8) is 0 Å². The Labute approximate surface area is 142 Å². The molecule has 126 valence electrons. The Morgan fingerprint density at radius 3 is 2.79 bits per heavy atom. The van der Waals surface area contributed by atoms with Gasteiger partial charge < -0.3 is 14.6 Å². The van der Waals surface area contributed by atoms with Crippen LogP contribution in [0.1, 0.15) is 30.4 Å². The highest BCUT2D eigenvalue weighted by Crippen LogP contribution is 2.42. The van der Waals surface area contributed by atoms with E-state index in [4.69, 9.17) is 9.47 Å². The number of benzene rings is 2. The zero-order valence-electron chi connectivity index (χ0n) is 13.8. The lowest BCUT2D eigenvalue weighted by molar-refractivity contribution is -0.144. The summed E-state index contributed by atoms with van der Waals surface area (Å²) in [6, 6.07) is 15.4. The molecule has 0 aliphatic carbocycles. The van der Waals surface area contributed by atoms with Gasteiger partial charge in [0.15, 0.2) is 0 Å². The van der Waals surface area contributed by atoms with Crippen molar-refractivity contribution < 1.29 is 19.4 Å². The number of phenols is 1. The largest absolute Gasteiger partial charge is 0.508 e. The van der Waals surface area contributed by atoms with Gasteiger partial charge in [-0.3, -0.25) is 4.79 Å². The Morgan fingerprint density at radius 2 is 2.04 bits per heavy atom. The van der Waals surface area contributed by atoms with Gasteiger partial charge in [-0.25, -0.2) is 0 Å². The average Bonchev–Trinajstić information content (AvgIpc) is 2.58.